The number of alkyl halides is 3. The second-order valence-electron chi connectivity index (χ2n) is 5.23. The zero-order valence-corrected chi connectivity index (χ0v) is 14.2. The van der Waals surface area contributed by atoms with Crippen LogP contribution in [-0.4, -0.2) is 10.9 Å². The van der Waals surface area contributed by atoms with Gasteiger partial charge in [0, 0.05) is 22.2 Å². The molecule has 0 aliphatic heterocycles. The monoisotopic (exact) mass is 374 g/mol. The van der Waals surface area contributed by atoms with Gasteiger partial charge in [-0.05, 0) is 41.0 Å². The Morgan fingerprint density at radius 3 is 1.92 bits per heavy atom. The minimum Gasteiger partial charge on any atom is -0.266 e. The zero-order chi connectivity index (χ0) is 18.6. The molecule has 1 aromatic heterocycles. The fraction of sp³-hybridized carbons (Fsp3) is 0.0526. The Morgan fingerprint density at radius 1 is 0.885 bits per heavy atom. The maximum Gasteiger partial charge on any atom is 0.417 e. The maximum absolute atomic E-state index is 13.2. The first-order valence-electron chi connectivity index (χ1n) is 7.58. The van der Waals surface area contributed by atoms with E-state index < -0.39 is 33.9 Å². The summed E-state index contributed by atoms with van der Waals surface area (Å²) in [7, 11) is -1.04. The summed E-state index contributed by atoms with van der Waals surface area (Å²) < 4.78 is 43.6. The zero-order valence-electron chi connectivity index (χ0n) is 13.4. The third-order valence-corrected chi connectivity index (χ3v) is 5.25. The van der Waals surface area contributed by atoms with E-state index in [1.165, 1.54) is 0 Å². The van der Waals surface area contributed by atoms with E-state index in [1.807, 2.05) is 12.1 Å². The van der Waals surface area contributed by atoms with Crippen molar-refractivity contribution >= 4 is 16.6 Å². The number of pyridine rings is 1. The molecular formula is C19H13F3N2OS. The highest BCUT2D eigenvalue weighted by molar-refractivity contribution is 7.87. The Balaban J connectivity index is 2.12. The number of halogens is 3. The highest BCUT2D eigenvalue weighted by Crippen LogP contribution is 2.32. The first kappa shape index (κ1) is 18.0. The molecule has 2 aromatic carbocycles. The van der Waals surface area contributed by atoms with Gasteiger partial charge >= 0.3 is 6.18 Å². The Kier molecular flexibility index (Phi) is 5.27. The van der Waals surface area contributed by atoms with Gasteiger partial charge in [-0.3, -0.25) is 9.78 Å². The van der Waals surface area contributed by atoms with Crippen LogP contribution in [0.2, 0.25) is 0 Å². The average molecular weight is 374 g/mol. The summed E-state index contributed by atoms with van der Waals surface area (Å²) in [5.41, 5.74) is -1.59. The minimum absolute atomic E-state index is 0.552. The molecule has 26 heavy (non-hydrogen) atoms. The fourth-order valence-corrected chi connectivity index (χ4v) is 3.86. The molecule has 0 aliphatic rings. The second-order valence-corrected chi connectivity index (χ2v) is 6.92. The molecule has 0 N–H and O–H groups in total. The maximum atomic E-state index is 13.2. The summed E-state index contributed by atoms with van der Waals surface area (Å²) >= 11 is 0. The lowest BCUT2D eigenvalue weighted by Gasteiger charge is -2.11. The molecule has 0 aliphatic carbocycles. The number of hydrogen-bond acceptors (Lipinski definition) is 2. The normalized spacial score (nSPS) is 11.4. The van der Waals surface area contributed by atoms with Crippen molar-refractivity contribution in [1.29, 1.82) is 0 Å². The molecular weight excluding hydrogens is 361 g/mol. The van der Waals surface area contributed by atoms with E-state index in [1.54, 1.807) is 48.5 Å². The number of aromatic nitrogens is 1. The van der Waals surface area contributed by atoms with Gasteiger partial charge in [0.05, 0.1) is 11.1 Å². The standard InChI is InChI=1S/C19H13F3N2OS/c20-19(21,22)17-11-12-23-13-16(17)18(25)24-26(14-7-3-1-4-8-14)15-9-5-2-6-10-15/h1-13H. The van der Waals surface area contributed by atoms with Crippen molar-refractivity contribution in [3.8, 4) is 0 Å². The van der Waals surface area contributed by atoms with Gasteiger partial charge in [0.25, 0.3) is 5.91 Å². The van der Waals surface area contributed by atoms with Crippen LogP contribution in [0.15, 0.2) is 93.3 Å². The molecule has 7 heteroatoms. The molecule has 0 unspecified atom stereocenters. The Morgan fingerprint density at radius 2 is 1.42 bits per heavy atom. The molecule has 0 atom stereocenters. The number of carbonyl (C=O) groups excluding carboxylic acids is 1. The molecule has 132 valence electrons. The first-order valence-corrected chi connectivity index (χ1v) is 8.77. The molecule has 0 fully saturated rings. The summed E-state index contributed by atoms with van der Waals surface area (Å²) in [6.07, 6.45) is -2.73. The predicted molar refractivity (Wildman–Crippen MR) is 92.8 cm³/mol. The van der Waals surface area contributed by atoms with Crippen LogP contribution < -0.4 is 0 Å². The van der Waals surface area contributed by atoms with Crippen LogP contribution in [0.1, 0.15) is 15.9 Å². The summed E-state index contributed by atoms with van der Waals surface area (Å²) in [5.74, 6) is -0.943. The van der Waals surface area contributed by atoms with Crippen molar-refractivity contribution in [3.05, 3.63) is 90.3 Å². The Labute approximate surface area is 150 Å². The van der Waals surface area contributed by atoms with Crippen molar-refractivity contribution < 1.29 is 18.0 Å². The van der Waals surface area contributed by atoms with Gasteiger partial charge in [-0.25, -0.2) is 0 Å². The number of amides is 1. The molecule has 1 amide bonds. The fourth-order valence-electron chi connectivity index (χ4n) is 2.28. The van der Waals surface area contributed by atoms with E-state index in [-0.39, 0.29) is 0 Å². The van der Waals surface area contributed by atoms with Crippen LogP contribution in [0, 0.1) is 0 Å². The molecule has 1 heterocycles. The SMILES string of the molecule is O=C(N=S(c1ccccc1)c1ccccc1)c1cnccc1C(F)(F)F. The molecule has 0 saturated heterocycles. The Bertz CT molecular complexity index is 900. The van der Waals surface area contributed by atoms with Crippen molar-refractivity contribution in [2.24, 2.45) is 4.36 Å². The molecule has 3 aromatic rings. The predicted octanol–water partition coefficient (Wildman–Crippen LogP) is 5.16. The van der Waals surface area contributed by atoms with Gasteiger partial charge in [-0.15, -0.1) is 0 Å². The van der Waals surface area contributed by atoms with Gasteiger partial charge < -0.3 is 0 Å². The van der Waals surface area contributed by atoms with Crippen LogP contribution in [0.25, 0.3) is 0 Å². The molecule has 3 nitrogen and oxygen atoms in total. The molecule has 0 spiro atoms. The van der Waals surface area contributed by atoms with E-state index >= 15 is 0 Å². The average Bonchev–Trinajstić information content (AvgIpc) is 2.66. The van der Waals surface area contributed by atoms with Gasteiger partial charge in [0.15, 0.2) is 0 Å². The van der Waals surface area contributed by atoms with Crippen molar-refractivity contribution in [2.45, 2.75) is 16.0 Å². The van der Waals surface area contributed by atoms with Crippen molar-refractivity contribution in [2.75, 3.05) is 0 Å². The van der Waals surface area contributed by atoms with E-state index in [2.05, 4.69) is 9.35 Å². The Hall–Kier alpha value is -2.80. The van der Waals surface area contributed by atoms with Gasteiger partial charge in [-0.1, -0.05) is 36.4 Å². The quantitative estimate of drug-likeness (QED) is 0.635. The number of benzene rings is 2. The van der Waals surface area contributed by atoms with Crippen LogP contribution in [0.4, 0.5) is 13.2 Å². The highest BCUT2D eigenvalue weighted by Gasteiger charge is 2.35. The molecule has 0 bridgehead atoms. The smallest absolute Gasteiger partial charge is 0.266 e. The first-order chi connectivity index (χ1) is 12.5. The summed E-state index contributed by atoms with van der Waals surface area (Å²) in [6, 6.07) is 18.8. The van der Waals surface area contributed by atoms with Crippen LogP contribution >= 0.6 is 0 Å². The largest absolute Gasteiger partial charge is 0.417 e. The van der Waals surface area contributed by atoms with E-state index in [4.69, 9.17) is 0 Å². The third kappa shape index (κ3) is 4.05. The molecule has 0 radical (unpaired) electrons. The van der Waals surface area contributed by atoms with Crippen LogP contribution in [-0.2, 0) is 16.9 Å². The summed E-state index contributed by atoms with van der Waals surface area (Å²) in [4.78, 5) is 17.7. The van der Waals surface area contributed by atoms with Crippen molar-refractivity contribution in [3.63, 3.8) is 0 Å². The highest BCUT2D eigenvalue weighted by atomic mass is 32.2. The number of nitrogens with zero attached hydrogens (tertiary/aromatic N) is 2. The second kappa shape index (κ2) is 7.61. The van der Waals surface area contributed by atoms with Crippen LogP contribution in [0.5, 0.6) is 0 Å². The molecule has 3 rings (SSSR count). The van der Waals surface area contributed by atoms with Gasteiger partial charge in [-0.2, -0.15) is 17.5 Å². The lowest BCUT2D eigenvalue weighted by molar-refractivity contribution is -0.138. The lowest BCUT2D eigenvalue weighted by atomic mass is 10.1. The van der Waals surface area contributed by atoms with Gasteiger partial charge in [0.1, 0.15) is 0 Å². The summed E-state index contributed by atoms with van der Waals surface area (Å²) in [6.45, 7) is 0. The molecule has 0 saturated carbocycles. The number of carbonyl (C=O) groups is 1. The number of rotatable bonds is 3. The topological polar surface area (TPSA) is 42.3 Å². The lowest BCUT2D eigenvalue weighted by Crippen LogP contribution is -2.13. The van der Waals surface area contributed by atoms with E-state index in [0.717, 1.165) is 28.3 Å². The summed E-state index contributed by atoms with van der Waals surface area (Å²) in [5, 5.41) is 0. The van der Waals surface area contributed by atoms with Crippen molar-refractivity contribution in [1.82, 2.24) is 4.98 Å². The number of hydrogen-bond donors (Lipinski definition) is 0. The van der Waals surface area contributed by atoms with Crippen LogP contribution in [0.3, 0.4) is 0 Å². The van der Waals surface area contributed by atoms with Gasteiger partial charge in [0.2, 0.25) is 0 Å². The minimum atomic E-state index is -4.65. The van der Waals surface area contributed by atoms with E-state index in [9.17, 15) is 18.0 Å². The third-order valence-electron chi connectivity index (χ3n) is 3.46. The van der Waals surface area contributed by atoms with E-state index in [0.29, 0.717) is 0 Å².